The Morgan fingerprint density at radius 3 is 2.39 bits per heavy atom. The first-order valence-corrected chi connectivity index (χ1v) is 11.9. The summed E-state index contributed by atoms with van der Waals surface area (Å²) >= 11 is 1.79. The van der Waals surface area contributed by atoms with Crippen molar-refractivity contribution >= 4 is 27.7 Å². The van der Waals surface area contributed by atoms with Gasteiger partial charge in [-0.1, -0.05) is 35.9 Å². The molecule has 28 heavy (non-hydrogen) atoms. The van der Waals surface area contributed by atoms with Crippen molar-refractivity contribution in [2.45, 2.75) is 29.5 Å². The molecular weight excluding hydrogens is 392 g/mol. The van der Waals surface area contributed by atoms with E-state index in [4.69, 9.17) is 0 Å². The number of piperidine rings is 1. The van der Waals surface area contributed by atoms with E-state index in [-0.39, 0.29) is 10.8 Å². The minimum absolute atomic E-state index is 0.0491. The Bertz CT molecular complexity index is 968. The molecule has 0 radical (unpaired) electrons. The summed E-state index contributed by atoms with van der Waals surface area (Å²) in [6, 6.07) is 16.3. The van der Waals surface area contributed by atoms with E-state index >= 15 is 0 Å². The monoisotopic (exact) mass is 416 g/mol. The molecule has 2 aromatic rings. The van der Waals surface area contributed by atoms with E-state index in [0.29, 0.717) is 42.9 Å². The summed E-state index contributed by atoms with van der Waals surface area (Å²) in [5.41, 5.74) is 1.77. The SMILES string of the molecule is Cc1cccc(C(=O)N2CCSC23CCN(S(=O)(=O)c2ccccc2)CC3)c1. The maximum Gasteiger partial charge on any atom is 0.255 e. The molecule has 148 valence electrons. The number of rotatable bonds is 3. The molecule has 2 saturated heterocycles. The van der Waals surface area contributed by atoms with Gasteiger partial charge < -0.3 is 4.90 Å². The number of carbonyl (C=O) groups is 1. The molecule has 0 atom stereocenters. The fraction of sp³-hybridized carbons (Fsp3) is 0.381. The maximum absolute atomic E-state index is 13.2. The van der Waals surface area contributed by atoms with Crippen LogP contribution in [0.1, 0.15) is 28.8 Å². The number of sulfonamides is 1. The number of hydrogen-bond acceptors (Lipinski definition) is 4. The van der Waals surface area contributed by atoms with E-state index in [9.17, 15) is 13.2 Å². The van der Waals surface area contributed by atoms with Gasteiger partial charge in [0, 0.05) is 31.0 Å². The third-order valence-corrected chi connectivity index (χ3v) is 9.04. The molecule has 2 aliphatic rings. The summed E-state index contributed by atoms with van der Waals surface area (Å²) in [7, 11) is -3.48. The van der Waals surface area contributed by atoms with E-state index < -0.39 is 10.0 Å². The third-order valence-electron chi connectivity index (χ3n) is 5.57. The van der Waals surface area contributed by atoms with Crippen LogP contribution in [0.25, 0.3) is 0 Å². The van der Waals surface area contributed by atoms with Crippen LogP contribution < -0.4 is 0 Å². The predicted octanol–water partition coefficient (Wildman–Crippen LogP) is 3.37. The van der Waals surface area contributed by atoms with Gasteiger partial charge in [-0.05, 0) is 44.0 Å². The van der Waals surface area contributed by atoms with E-state index in [2.05, 4.69) is 0 Å². The average Bonchev–Trinajstić information content (AvgIpc) is 3.11. The summed E-state index contributed by atoms with van der Waals surface area (Å²) in [6.45, 7) is 3.56. The van der Waals surface area contributed by atoms with Gasteiger partial charge in [0.25, 0.3) is 5.91 Å². The largest absolute Gasteiger partial charge is 0.323 e. The van der Waals surface area contributed by atoms with Crippen LogP contribution >= 0.6 is 11.8 Å². The second kappa shape index (κ2) is 7.54. The number of carbonyl (C=O) groups excluding carboxylic acids is 1. The highest BCUT2D eigenvalue weighted by atomic mass is 32.2. The number of aryl methyl sites for hydroxylation is 1. The summed E-state index contributed by atoms with van der Waals surface area (Å²) in [5, 5.41) is 0. The first-order valence-electron chi connectivity index (χ1n) is 9.50. The lowest BCUT2D eigenvalue weighted by atomic mass is 10.0. The lowest BCUT2D eigenvalue weighted by Crippen LogP contribution is -2.53. The molecule has 2 fully saturated rings. The van der Waals surface area contributed by atoms with Crippen molar-refractivity contribution in [3.63, 3.8) is 0 Å². The normalized spacial score (nSPS) is 19.8. The summed E-state index contributed by atoms with van der Waals surface area (Å²) in [6.07, 6.45) is 1.31. The molecule has 0 unspecified atom stereocenters. The zero-order valence-electron chi connectivity index (χ0n) is 15.9. The second-order valence-electron chi connectivity index (χ2n) is 7.34. The Kier molecular flexibility index (Phi) is 5.24. The third kappa shape index (κ3) is 3.47. The molecule has 2 heterocycles. The van der Waals surface area contributed by atoms with Crippen LogP contribution in [0.2, 0.25) is 0 Å². The summed E-state index contributed by atoms with van der Waals surface area (Å²) in [4.78, 5) is 15.2. The number of benzene rings is 2. The van der Waals surface area contributed by atoms with Gasteiger partial charge in [-0.25, -0.2) is 8.42 Å². The smallest absolute Gasteiger partial charge is 0.255 e. The first kappa shape index (κ1) is 19.5. The van der Waals surface area contributed by atoms with Crippen molar-refractivity contribution < 1.29 is 13.2 Å². The van der Waals surface area contributed by atoms with Crippen molar-refractivity contribution in [3.05, 3.63) is 65.7 Å². The zero-order valence-corrected chi connectivity index (χ0v) is 17.5. The minimum Gasteiger partial charge on any atom is -0.323 e. The van der Waals surface area contributed by atoms with Crippen LogP contribution in [-0.4, -0.2) is 53.8 Å². The fourth-order valence-corrected chi connectivity index (χ4v) is 6.98. The molecule has 2 aliphatic heterocycles. The Morgan fingerprint density at radius 1 is 1.00 bits per heavy atom. The Morgan fingerprint density at radius 2 is 1.71 bits per heavy atom. The molecule has 1 spiro atoms. The van der Waals surface area contributed by atoms with Crippen LogP contribution in [0.4, 0.5) is 0 Å². The van der Waals surface area contributed by atoms with E-state index in [1.807, 2.05) is 42.2 Å². The molecule has 0 N–H and O–H groups in total. The second-order valence-corrected chi connectivity index (χ2v) is 10.7. The Labute approximate surface area is 170 Å². The van der Waals surface area contributed by atoms with Crippen molar-refractivity contribution in [2.75, 3.05) is 25.4 Å². The van der Waals surface area contributed by atoms with Crippen molar-refractivity contribution in [1.29, 1.82) is 0 Å². The van der Waals surface area contributed by atoms with Gasteiger partial charge in [-0.2, -0.15) is 4.31 Å². The van der Waals surface area contributed by atoms with Crippen LogP contribution in [0.3, 0.4) is 0 Å². The van der Waals surface area contributed by atoms with Crippen LogP contribution in [-0.2, 0) is 10.0 Å². The lowest BCUT2D eigenvalue weighted by molar-refractivity contribution is 0.0605. The quantitative estimate of drug-likeness (QED) is 0.770. The number of thioether (sulfide) groups is 1. The molecule has 7 heteroatoms. The molecule has 5 nitrogen and oxygen atoms in total. The molecule has 2 aromatic carbocycles. The van der Waals surface area contributed by atoms with Gasteiger partial charge in [0.1, 0.15) is 0 Å². The summed E-state index contributed by atoms with van der Waals surface area (Å²) < 4.78 is 27.4. The average molecular weight is 417 g/mol. The van der Waals surface area contributed by atoms with Gasteiger partial charge in [-0.3, -0.25) is 4.79 Å². The molecular formula is C21H24N2O3S2. The zero-order chi connectivity index (χ0) is 19.8. The minimum atomic E-state index is -3.48. The first-order chi connectivity index (χ1) is 13.4. The predicted molar refractivity (Wildman–Crippen MR) is 112 cm³/mol. The van der Waals surface area contributed by atoms with Gasteiger partial charge in [0.05, 0.1) is 9.77 Å². The van der Waals surface area contributed by atoms with Crippen LogP contribution in [0.15, 0.2) is 59.5 Å². The molecule has 4 rings (SSSR count). The molecule has 0 aromatic heterocycles. The highest BCUT2D eigenvalue weighted by molar-refractivity contribution is 8.00. The van der Waals surface area contributed by atoms with Crippen LogP contribution in [0, 0.1) is 6.92 Å². The number of amides is 1. The summed E-state index contributed by atoms with van der Waals surface area (Å²) in [5.74, 6) is 0.941. The van der Waals surface area contributed by atoms with Gasteiger partial charge in [-0.15, -0.1) is 11.8 Å². The van der Waals surface area contributed by atoms with Crippen molar-refractivity contribution in [2.24, 2.45) is 0 Å². The molecule has 0 bridgehead atoms. The van der Waals surface area contributed by atoms with E-state index in [1.54, 1.807) is 40.3 Å². The maximum atomic E-state index is 13.2. The molecule has 1 amide bonds. The van der Waals surface area contributed by atoms with Crippen LogP contribution in [0.5, 0.6) is 0 Å². The topological polar surface area (TPSA) is 57.7 Å². The van der Waals surface area contributed by atoms with E-state index in [1.165, 1.54) is 0 Å². The highest BCUT2D eigenvalue weighted by Gasteiger charge is 2.48. The molecule has 0 aliphatic carbocycles. The lowest BCUT2D eigenvalue weighted by Gasteiger charge is -2.43. The Hall–Kier alpha value is -1.83. The van der Waals surface area contributed by atoms with E-state index in [0.717, 1.165) is 11.3 Å². The Balaban J connectivity index is 1.52. The van der Waals surface area contributed by atoms with Gasteiger partial charge >= 0.3 is 0 Å². The fourth-order valence-electron chi connectivity index (χ4n) is 4.06. The van der Waals surface area contributed by atoms with Gasteiger partial charge in [0.15, 0.2) is 0 Å². The number of nitrogens with zero attached hydrogens (tertiary/aromatic N) is 2. The highest BCUT2D eigenvalue weighted by Crippen LogP contribution is 2.45. The van der Waals surface area contributed by atoms with Crippen molar-refractivity contribution in [1.82, 2.24) is 9.21 Å². The van der Waals surface area contributed by atoms with Gasteiger partial charge in [0.2, 0.25) is 10.0 Å². The standard InChI is InChI=1S/C21H24N2O3S2/c1-17-6-5-7-18(16-17)20(24)23-14-15-27-21(23)10-12-22(13-11-21)28(25,26)19-8-3-2-4-9-19/h2-9,16H,10-15H2,1H3. The molecule has 0 saturated carbocycles. The number of hydrogen-bond donors (Lipinski definition) is 0. The van der Waals surface area contributed by atoms with Crippen molar-refractivity contribution in [3.8, 4) is 0 Å².